The van der Waals surface area contributed by atoms with E-state index in [2.05, 4.69) is 27.0 Å². The van der Waals surface area contributed by atoms with Crippen LogP contribution in [0.2, 0.25) is 0 Å². The van der Waals surface area contributed by atoms with Gasteiger partial charge in [-0.05, 0) is 50.5 Å². The number of hydrogen-bond acceptors (Lipinski definition) is 4. The molecule has 2 aromatic carbocycles. The average Bonchev–Trinajstić information content (AvgIpc) is 3.16. The third kappa shape index (κ3) is 5.55. The molecule has 148 valence electrons. The van der Waals surface area contributed by atoms with E-state index in [0.29, 0.717) is 18.5 Å². The van der Waals surface area contributed by atoms with Crippen molar-refractivity contribution in [2.24, 2.45) is 5.73 Å². The van der Waals surface area contributed by atoms with E-state index >= 15 is 0 Å². The van der Waals surface area contributed by atoms with Crippen molar-refractivity contribution in [3.05, 3.63) is 77.9 Å². The van der Waals surface area contributed by atoms with Crippen LogP contribution in [0.15, 0.2) is 60.9 Å². The van der Waals surface area contributed by atoms with E-state index in [-0.39, 0.29) is 5.91 Å². The molecule has 0 saturated heterocycles. The number of benzene rings is 2. The first-order chi connectivity index (χ1) is 14.1. The van der Waals surface area contributed by atoms with Crippen LogP contribution >= 0.6 is 0 Å². The van der Waals surface area contributed by atoms with Crippen LogP contribution in [0.25, 0.3) is 5.69 Å². The van der Waals surface area contributed by atoms with Crippen molar-refractivity contribution in [2.45, 2.75) is 13.0 Å². The number of amides is 1. The molecule has 1 amide bonds. The quantitative estimate of drug-likeness (QED) is 0.638. The smallest absolute Gasteiger partial charge is 0.255 e. The first-order valence-electron chi connectivity index (χ1n) is 9.44. The van der Waals surface area contributed by atoms with E-state index < -0.39 is 0 Å². The van der Waals surface area contributed by atoms with E-state index in [1.165, 1.54) is 0 Å². The van der Waals surface area contributed by atoms with Crippen molar-refractivity contribution in [3.8, 4) is 17.5 Å². The second-order valence-corrected chi connectivity index (χ2v) is 6.88. The van der Waals surface area contributed by atoms with Crippen molar-refractivity contribution < 1.29 is 4.79 Å². The Kier molecular flexibility index (Phi) is 6.80. The van der Waals surface area contributed by atoms with Gasteiger partial charge in [-0.25, -0.2) is 4.98 Å². The van der Waals surface area contributed by atoms with Gasteiger partial charge in [0.1, 0.15) is 5.82 Å². The number of nitrogens with zero attached hydrogens (tertiary/aromatic N) is 3. The molecule has 6 heteroatoms. The Morgan fingerprint density at radius 3 is 2.83 bits per heavy atom. The summed E-state index contributed by atoms with van der Waals surface area (Å²) < 4.78 is 2.02. The molecule has 0 aliphatic heterocycles. The highest BCUT2D eigenvalue weighted by molar-refractivity contribution is 6.04. The number of carbonyl (C=O) groups excluding carboxylic acids is 1. The number of aromatic nitrogens is 2. The second-order valence-electron chi connectivity index (χ2n) is 6.88. The van der Waals surface area contributed by atoms with Crippen molar-refractivity contribution in [2.75, 3.05) is 26.0 Å². The normalized spacial score (nSPS) is 10.5. The number of anilines is 1. The van der Waals surface area contributed by atoms with Crippen LogP contribution in [-0.4, -0.2) is 41.0 Å². The lowest BCUT2D eigenvalue weighted by Gasteiger charge is -2.13. The minimum Gasteiger partial charge on any atom is -0.330 e. The fourth-order valence-corrected chi connectivity index (χ4v) is 2.88. The van der Waals surface area contributed by atoms with Gasteiger partial charge < -0.3 is 20.5 Å². The van der Waals surface area contributed by atoms with Crippen LogP contribution in [0, 0.1) is 11.8 Å². The van der Waals surface area contributed by atoms with Gasteiger partial charge in [0.15, 0.2) is 0 Å². The molecule has 1 heterocycles. The molecule has 0 bridgehead atoms. The number of carbonyl (C=O) groups is 1. The number of imidazole rings is 1. The largest absolute Gasteiger partial charge is 0.330 e. The lowest BCUT2D eigenvalue weighted by atomic mass is 10.1. The summed E-state index contributed by atoms with van der Waals surface area (Å²) in [4.78, 5) is 19.2. The molecule has 0 unspecified atom stereocenters. The zero-order chi connectivity index (χ0) is 20.6. The molecule has 0 aliphatic rings. The molecule has 29 heavy (non-hydrogen) atoms. The van der Waals surface area contributed by atoms with Crippen LogP contribution in [0.3, 0.4) is 0 Å². The van der Waals surface area contributed by atoms with E-state index in [1.807, 2.05) is 61.3 Å². The maximum Gasteiger partial charge on any atom is 0.255 e. The molecule has 0 atom stereocenters. The zero-order valence-electron chi connectivity index (χ0n) is 16.7. The lowest BCUT2D eigenvalue weighted by molar-refractivity contribution is 0.102. The fourth-order valence-electron chi connectivity index (χ4n) is 2.88. The molecular weight excluding hydrogens is 362 g/mol. The molecule has 0 fully saturated rings. The molecule has 3 aromatic rings. The number of nitrogens with two attached hydrogens (primary N) is 1. The first kappa shape index (κ1) is 20.3. The maximum absolute atomic E-state index is 12.7. The molecule has 3 N–H and O–H groups in total. The van der Waals surface area contributed by atoms with Crippen LogP contribution in [0.5, 0.6) is 0 Å². The summed E-state index contributed by atoms with van der Waals surface area (Å²) in [6.07, 6.45) is 4.33. The zero-order valence-corrected chi connectivity index (χ0v) is 16.7. The molecule has 1 aromatic heterocycles. The molecule has 0 saturated carbocycles. The monoisotopic (exact) mass is 387 g/mol. The Morgan fingerprint density at radius 1 is 1.21 bits per heavy atom. The van der Waals surface area contributed by atoms with Gasteiger partial charge in [0, 0.05) is 47.9 Å². The molecule has 0 spiro atoms. The summed E-state index contributed by atoms with van der Waals surface area (Å²) in [6, 6.07) is 15.0. The second kappa shape index (κ2) is 9.69. The SMILES string of the molecule is CN(C)Cc1nccn1-c1cccc(NC(=O)c2cccc(C#CCCN)c2)c1. The minimum atomic E-state index is -0.177. The molecule has 6 nitrogen and oxygen atoms in total. The number of rotatable bonds is 6. The number of nitrogens with one attached hydrogen (secondary N) is 1. The van der Waals surface area contributed by atoms with E-state index in [4.69, 9.17) is 5.73 Å². The summed E-state index contributed by atoms with van der Waals surface area (Å²) in [5, 5.41) is 2.96. The van der Waals surface area contributed by atoms with Gasteiger partial charge in [0.25, 0.3) is 5.91 Å². The topological polar surface area (TPSA) is 76.2 Å². The minimum absolute atomic E-state index is 0.177. The van der Waals surface area contributed by atoms with Gasteiger partial charge in [-0.2, -0.15) is 0 Å². The molecule has 0 radical (unpaired) electrons. The number of hydrogen-bond donors (Lipinski definition) is 2. The van der Waals surface area contributed by atoms with E-state index in [9.17, 15) is 4.79 Å². The predicted octanol–water partition coefficient (Wildman–Crippen LogP) is 2.89. The third-order valence-corrected chi connectivity index (χ3v) is 4.18. The summed E-state index contributed by atoms with van der Waals surface area (Å²) in [6.45, 7) is 1.25. The van der Waals surface area contributed by atoms with Crippen molar-refractivity contribution >= 4 is 11.6 Å². The van der Waals surface area contributed by atoms with Crippen molar-refractivity contribution in [1.29, 1.82) is 0 Å². The first-order valence-corrected chi connectivity index (χ1v) is 9.44. The Morgan fingerprint density at radius 2 is 2.03 bits per heavy atom. The Bertz CT molecular complexity index is 1040. The van der Waals surface area contributed by atoms with E-state index in [0.717, 1.165) is 29.3 Å². The van der Waals surface area contributed by atoms with Crippen LogP contribution in [0.1, 0.15) is 28.2 Å². The van der Waals surface area contributed by atoms with Gasteiger partial charge >= 0.3 is 0 Å². The lowest BCUT2D eigenvalue weighted by Crippen LogP contribution is -2.15. The van der Waals surface area contributed by atoms with Gasteiger partial charge in [0.2, 0.25) is 0 Å². The Hall–Kier alpha value is -3.40. The van der Waals surface area contributed by atoms with Gasteiger partial charge in [-0.15, -0.1) is 0 Å². The fraction of sp³-hybridized carbons (Fsp3) is 0.217. The van der Waals surface area contributed by atoms with Crippen molar-refractivity contribution in [1.82, 2.24) is 14.5 Å². The average molecular weight is 387 g/mol. The Labute approximate surface area is 171 Å². The van der Waals surface area contributed by atoms with Crippen LogP contribution in [0.4, 0.5) is 5.69 Å². The summed E-state index contributed by atoms with van der Waals surface area (Å²) in [5.74, 6) is 6.78. The molecular formula is C23H25N5O. The summed E-state index contributed by atoms with van der Waals surface area (Å²) in [7, 11) is 4.01. The standard InChI is InChI=1S/C23H25N5O/c1-27(2)17-22-25-13-14-28(22)21-11-6-10-20(16-21)26-23(29)19-9-5-8-18(15-19)7-3-4-12-24/h5-6,8-11,13-16H,4,12,17,24H2,1-2H3,(H,26,29). The van der Waals surface area contributed by atoms with Gasteiger partial charge in [-0.3, -0.25) is 4.79 Å². The molecule has 3 rings (SSSR count). The third-order valence-electron chi connectivity index (χ3n) is 4.18. The van der Waals surface area contributed by atoms with E-state index in [1.54, 1.807) is 18.3 Å². The van der Waals surface area contributed by atoms with Crippen molar-refractivity contribution in [3.63, 3.8) is 0 Å². The summed E-state index contributed by atoms with van der Waals surface area (Å²) in [5.41, 5.74) is 8.48. The predicted molar refractivity (Wildman–Crippen MR) is 116 cm³/mol. The molecule has 0 aliphatic carbocycles. The van der Waals surface area contributed by atoms with Crippen LogP contribution in [-0.2, 0) is 6.54 Å². The maximum atomic E-state index is 12.7. The highest BCUT2D eigenvalue weighted by Gasteiger charge is 2.09. The highest BCUT2D eigenvalue weighted by Crippen LogP contribution is 2.18. The summed E-state index contributed by atoms with van der Waals surface area (Å²) >= 11 is 0. The van der Waals surface area contributed by atoms with Crippen LogP contribution < -0.4 is 11.1 Å². The Balaban J connectivity index is 1.77. The highest BCUT2D eigenvalue weighted by atomic mass is 16.1. The van der Waals surface area contributed by atoms with Gasteiger partial charge in [0.05, 0.1) is 6.54 Å². The van der Waals surface area contributed by atoms with Gasteiger partial charge in [-0.1, -0.05) is 24.0 Å².